The summed E-state index contributed by atoms with van der Waals surface area (Å²) >= 11 is 0. The molecule has 1 heterocycles. The molecule has 0 bridgehead atoms. The molecule has 90 valence electrons. The molecule has 0 unspecified atom stereocenters. The summed E-state index contributed by atoms with van der Waals surface area (Å²) in [6.45, 7) is 0.693. The topological polar surface area (TPSA) is 55.8 Å². The maximum atomic E-state index is 11.6. The Morgan fingerprint density at radius 2 is 2.06 bits per heavy atom. The first kappa shape index (κ1) is 11.4. The number of esters is 1. The van der Waals surface area contributed by atoms with Gasteiger partial charge in [0.15, 0.2) is 6.73 Å². The third-order valence-corrected chi connectivity index (χ3v) is 2.63. The average Bonchev–Trinajstić information content (AvgIpc) is 2.37. The van der Waals surface area contributed by atoms with Gasteiger partial charge >= 0.3 is 5.97 Å². The lowest BCUT2D eigenvalue weighted by Crippen LogP contribution is -2.44. The molecule has 1 amide bonds. The van der Waals surface area contributed by atoms with E-state index in [0.29, 0.717) is 24.3 Å². The summed E-state index contributed by atoms with van der Waals surface area (Å²) in [6, 6.07) is 6.62. The minimum absolute atomic E-state index is 0.0209. The van der Waals surface area contributed by atoms with Gasteiger partial charge in [-0.15, -0.1) is 0 Å². The first-order valence-corrected chi connectivity index (χ1v) is 5.29. The van der Waals surface area contributed by atoms with Gasteiger partial charge in [0.25, 0.3) is 0 Å². The van der Waals surface area contributed by atoms with Crippen molar-refractivity contribution in [3.63, 3.8) is 0 Å². The van der Waals surface area contributed by atoms with E-state index in [4.69, 9.17) is 9.47 Å². The van der Waals surface area contributed by atoms with Crippen molar-refractivity contribution in [2.45, 2.75) is 6.42 Å². The predicted molar refractivity (Wildman–Crippen MR) is 59.6 cm³/mol. The highest BCUT2D eigenvalue weighted by Crippen LogP contribution is 2.13. The Hall–Kier alpha value is -2.04. The molecule has 0 atom stereocenters. The van der Waals surface area contributed by atoms with Gasteiger partial charge in [-0.1, -0.05) is 0 Å². The van der Waals surface area contributed by atoms with Crippen molar-refractivity contribution < 1.29 is 19.1 Å². The van der Waals surface area contributed by atoms with Crippen LogP contribution in [0.1, 0.15) is 16.8 Å². The van der Waals surface area contributed by atoms with Crippen LogP contribution in [0.5, 0.6) is 5.75 Å². The Labute approximate surface area is 98.9 Å². The quantitative estimate of drug-likeness (QED) is 0.578. The van der Waals surface area contributed by atoms with Crippen molar-refractivity contribution in [1.82, 2.24) is 4.90 Å². The number of hydrogen-bond acceptors (Lipinski definition) is 4. The number of rotatable bonds is 4. The second-order valence-electron chi connectivity index (χ2n) is 3.70. The maximum Gasteiger partial charge on any atom is 0.339 e. The minimum atomic E-state index is -0.438. The fourth-order valence-corrected chi connectivity index (χ4v) is 1.44. The van der Waals surface area contributed by atoms with Crippen LogP contribution in [0, 0.1) is 0 Å². The summed E-state index contributed by atoms with van der Waals surface area (Å²) in [7, 11) is 1.56. The number of benzene rings is 1. The van der Waals surface area contributed by atoms with E-state index in [0.717, 1.165) is 0 Å². The standard InChI is InChI=1S/C12H13NO4/c1-16-10-4-2-9(3-5-10)12(15)17-8-13-7-6-11(13)14/h2-5H,6-8H2,1H3. The van der Waals surface area contributed by atoms with Crippen molar-refractivity contribution in [1.29, 1.82) is 0 Å². The van der Waals surface area contributed by atoms with E-state index in [1.54, 1.807) is 31.4 Å². The van der Waals surface area contributed by atoms with Gasteiger partial charge in [0, 0.05) is 13.0 Å². The van der Waals surface area contributed by atoms with E-state index >= 15 is 0 Å². The molecule has 0 aliphatic carbocycles. The Balaban J connectivity index is 1.88. The molecular weight excluding hydrogens is 222 g/mol. The number of carbonyl (C=O) groups is 2. The Kier molecular flexibility index (Phi) is 3.27. The zero-order valence-electron chi connectivity index (χ0n) is 9.51. The number of amides is 1. The van der Waals surface area contributed by atoms with Crippen LogP contribution in [0.2, 0.25) is 0 Å². The van der Waals surface area contributed by atoms with Crippen LogP contribution < -0.4 is 4.74 Å². The largest absolute Gasteiger partial charge is 0.497 e. The monoisotopic (exact) mass is 235 g/mol. The smallest absolute Gasteiger partial charge is 0.339 e. The lowest BCUT2D eigenvalue weighted by Gasteiger charge is -2.29. The van der Waals surface area contributed by atoms with Crippen LogP contribution >= 0.6 is 0 Å². The van der Waals surface area contributed by atoms with E-state index in [1.807, 2.05) is 0 Å². The van der Waals surface area contributed by atoms with Gasteiger partial charge in [-0.05, 0) is 24.3 Å². The molecule has 1 aromatic rings. The fraction of sp³-hybridized carbons (Fsp3) is 0.333. The van der Waals surface area contributed by atoms with Gasteiger partial charge in [-0.25, -0.2) is 4.79 Å². The van der Waals surface area contributed by atoms with Gasteiger partial charge in [-0.3, -0.25) is 4.79 Å². The van der Waals surface area contributed by atoms with Crippen LogP contribution in [0.4, 0.5) is 0 Å². The normalized spacial score (nSPS) is 14.2. The summed E-state index contributed by atoms with van der Waals surface area (Å²) in [5.41, 5.74) is 0.443. The summed E-state index contributed by atoms with van der Waals surface area (Å²) in [6.07, 6.45) is 0.542. The number of hydrogen-bond donors (Lipinski definition) is 0. The van der Waals surface area contributed by atoms with Gasteiger partial charge in [0.2, 0.25) is 5.91 Å². The van der Waals surface area contributed by atoms with Gasteiger partial charge in [0.1, 0.15) is 5.75 Å². The maximum absolute atomic E-state index is 11.6. The first-order chi connectivity index (χ1) is 8.20. The number of likely N-dealkylation sites (tertiary alicyclic amines) is 1. The molecule has 1 aliphatic rings. The van der Waals surface area contributed by atoms with Crippen LogP contribution in [-0.2, 0) is 9.53 Å². The van der Waals surface area contributed by atoms with E-state index in [1.165, 1.54) is 4.90 Å². The number of β-lactam (4-membered cyclic amide) rings is 1. The summed E-state index contributed by atoms with van der Waals surface area (Å²) in [5, 5.41) is 0. The molecule has 2 rings (SSSR count). The lowest BCUT2D eigenvalue weighted by atomic mass is 10.2. The molecular formula is C12H13NO4. The molecule has 5 nitrogen and oxygen atoms in total. The van der Waals surface area contributed by atoms with Crippen LogP contribution in [-0.4, -0.2) is 37.2 Å². The number of methoxy groups -OCH3 is 1. The van der Waals surface area contributed by atoms with Gasteiger partial charge in [-0.2, -0.15) is 0 Å². The van der Waals surface area contributed by atoms with Gasteiger partial charge in [0.05, 0.1) is 12.7 Å². The number of carbonyl (C=O) groups excluding carboxylic acids is 2. The highest BCUT2D eigenvalue weighted by atomic mass is 16.5. The predicted octanol–water partition coefficient (Wildman–Crippen LogP) is 1.04. The van der Waals surface area contributed by atoms with Crippen molar-refractivity contribution in [2.75, 3.05) is 20.4 Å². The molecule has 0 N–H and O–H groups in total. The fourth-order valence-electron chi connectivity index (χ4n) is 1.44. The van der Waals surface area contributed by atoms with E-state index in [2.05, 4.69) is 0 Å². The third kappa shape index (κ3) is 2.55. The Bertz CT molecular complexity index is 427. The van der Waals surface area contributed by atoms with E-state index < -0.39 is 5.97 Å². The minimum Gasteiger partial charge on any atom is -0.497 e. The summed E-state index contributed by atoms with van der Waals surface area (Å²) in [5.74, 6) is 0.263. The SMILES string of the molecule is COc1ccc(C(=O)OCN2CCC2=O)cc1. The molecule has 17 heavy (non-hydrogen) atoms. The molecule has 0 spiro atoms. The molecule has 0 saturated carbocycles. The summed E-state index contributed by atoms with van der Waals surface area (Å²) in [4.78, 5) is 24.1. The second kappa shape index (κ2) is 4.86. The molecule has 1 aliphatic heterocycles. The van der Waals surface area contributed by atoms with Crippen molar-refractivity contribution in [3.8, 4) is 5.75 Å². The van der Waals surface area contributed by atoms with Crippen LogP contribution in [0.3, 0.4) is 0 Å². The molecule has 1 saturated heterocycles. The summed E-state index contributed by atoms with van der Waals surface area (Å²) < 4.78 is 9.98. The third-order valence-electron chi connectivity index (χ3n) is 2.63. The zero-order chi connectivity index (χ0) is 12.3. The van der Waals surface area contributed by atoms with E-state index in [9.17, 15) is 9.59 Å². The Morgan fingerprint density at radius 3 is 2.53 bits per heavy atom. The average molecular weight is 235 g/mol. The van der Waals surface area contributed by atoms with E-state index in [-0.39, 0.29) is 12.6 Å². The lowest BCUT2D eigenvalue weighted by molar-refractivity contribution is -0.144. The van der Waals surface area contributed by atoms with Crippen LogP contribution in [0.15, 0.2) is 24.3 Å². The second-order valence-corrected chi connectivity index (χ2v) is 3.70. The first-order valence-electron chi connectivity index (χ1n) is 5.29. The van der Waals surface area contributed by atoms with Crippen molar-refractivity contribution in [2.24, 2.45) is 0 Å². The highest BCUT2D eigenvalue weighted by Gasteiger charge is 2.24. The molecule has 5 heteroatoms. The highest BCUT2D eigenvalue weighted by molar-refractivity contribution is 5.89. The Morgan fingerprint density at radius 1 is 1.35 bits per heavy atom. The van der Waals surface area contributed by atoms with Crippen LogP contribution in [0.25, 0.3) is 0 Å². The molecule has 1 fully saturated rings. The molecule has 0 aromatic heterocycles. The number of nitrogens with zero attached hydrogens (tertiary/aromatic N) is 1. The number of ether oxygens (including phenoxy) is 2. The van der Waals surface area contributed by atoms with Crippen molar-refractivity contribution in [3.05, 3.63) is 29.8 Å². The molecule has 1 aromatic carbocycles. The van der Waals surface area contributed by atoms with Crippen molar-refractivity contribution >= 4 is 11.9 Å². The van der Waals surface area contributed by atoms with Gasteiger partial charge < -0.3 is 14.4 Å². The molecule has 0 radical (unpaired) electrons. The zero-order valence-corrected chi connectivity index (χ0v) is 9.51.